The van der Waals surface area contributed by atoms with Crippen molar-refractivity contribution in [2.45, 2.75) is 19.8 Å². The van der Waals surface area contributed by atoms with Gasteiger partial charge in [0.25, 0.3) is 0 Å². The van der Waals surface area contributed by atoms with Crippen LogP contribution in [-0.4, -0.2) is 37.0 Å². The molecule has 74 valence electrons. The quantitative estimate of drug-likeness (QED) is 0.651. The molecular formula is C10H18N2O. The predicted octanol–water partition coefficient (Wildman–Crippen LogP) is 0.774. The van der Waals surface area contributed by atoms with Crippen molar-refractivity contribution in [3.8, 4) is 0 Å². The van der Waals surface area contributed by atoms with Crippen molar-refractivity contribution in [2.24, 2.45) is 0 Å². The molecule has 0 aliphatic carbocycles. The molecule has 0 saturated carbocycles. The Morgan fingerprint density at radius 1 is 1.46 bits per heavy atom. The standard InChI is InChI=1S/C10H18N2O/c1-2-11-10(13)6-5-9-12-7-3-4-8-12/h5-6H,2-4,7-9H2,1H3,(H,11,13)/b6-5+. The number of carbonyl (C=O) groups excluding carboxylic acids is 1. The lowest BCUT2D eigenvalue weighted by molar-refractivity contribution is -0.116. The lowest BCUT2D eigenvalue weighted by atomic mass is 10.4. The van der Waals surface area contributed by atoms with Crippen LogP contribution in [0.25, 0.3) is 0 Å². The first-order chi connectivity index (χ1) is 6.33. The molecule has 3 nitrogen and oxygen atoms in total. The summed E-state index contributed by atoms with van der Waals surface area (Å²) in [6, 6.07) is 0. The van der Waals surface area contributed by atoms with Crippen LogP contribution in [0.3, 0.4) is 0 Å². The average molecular weight is 182 g/mol. The maximum atomic E-state index is 11.0. The zero-order valence-corrected chi connectivity index (χ0v) is 8.25. The molecular weight excluding hydrogens is 164 g/mol. The predicted molar refractivity (Wildman–Crippen MR) is 53.5 cm³/mol. The molecule has 1 heterocycles. The van der Waals surface area contributed by atoms with Crippen LogP contribution in [-0.2, 0) is 4.79 Å². The van der Waals surface area contributed by atoms with Gasteiger partial charge in [-0.3, -0.25) is 9.69 Å². The number of hydrogen-bond donors (Lipinski definition) is 1. The van der Waals surface area contributed by atoms with Gasteiger partial charge in [0.15, 0.2) is 0 Å². The highest BCUT2D eigenvalue weighted by Crippen LogP contribution is 2.05. The van der Waals surface area contributed by atoms with Gasteiger partial charge >= 0.3 is 0 Å². The number of likely N-dealkylation sites (N-methyl/N-ethyl adjacent to an activating group) is 1. The summed E-state index contributed by atoms with van der Waals surface area (Å²) in [6.45, 7) is 5.90. The Bertz CT molecular complexity index is 183. The van der Waals surface area contributed by atoms with Gasteiger partial charge in [-0.05, 0) is 32.9 Å². The third-order valence-corrected chi connectivity index (χ3v) is 2.18. The molecule has 1 fully saturated rings. The number of carbonyl (C=O) groups is 1. The second kappa shape index (κ2) is 5.75. The van der Waals surface area contributed by atoms with E-state index in [0.29, 0.717) is 6.54 Å². The number of rotatable bonds is 4. The van der Waals surface area contributed by atoms with Crippen LogP contribution in [0.1, 0.15) is 19.8 Å². The molecule has 0 radical (unpaired) electrons. The Morgan fingerprint density at radius 2 is 2.15 bits per heavy atom. The van der Waals surface area contributed by atoms with Crippen molar-refractivity contribution in [3.05, 3.63) is 12.2 Å². The number of nitrogens with zero attached hydrogens (tertiary/aromatic N) is 1. The Hall–Kier alpha value is -0.830. The minimum absolute atomic E-state index is 0.0155. The summed E-state index contributed by atoms with van der Waals surface area (Å²) in [6.07, 6.45) is 6.17. The molecule has 1 amide bonds. The van der Waals surface area contributed by atoms with Gasteiger partial charge in [-0.25, -0.2) is 0 Å². The molecule has 13 heavy (non-hydrogen) atoms. The molecule has 1 aliphatic heterocycles. The largest absolute Gasteiger partial charge is 0.353 e. The van der Waals surface area contributed by atoms with E-state index in [1.54, 1.807) is 6.08 Å². The van der Waals surface area contributed by atoms with Crippen LogP contribution >= 0.6 is 0 Å². The van der Waals surface area contributed by atoms with E-state index < -0.39 is 0 Å². The van der Waals surface area contributed by atoms with Gasteiger partial charge in [0.05, 0.1) is 0 Å². The molecule has 1 rings (SSSR count). The first-order valence-electron chi connectivity index (χ1n) is 4.99. The molecule has 1 saturated heterocycles. The summed E-state index contributed by atoms with van der Waals surface area (Å²) >= 11 is 0. The summed E-state index contributed by atoms with van der Waals surface area (Å²) < 4.78 is 0. The Labute approximate surface area is 79.8 Å². The zero-order chi connectivity index (χ0) is 9.52. The molecule has 0 atom stereocenters. The van der Waals surface area contributed by atoms with Crippen LogP contribution in [0.5, 0.6) is 0 Å². The highest BCUT2D eigenvalue weighted by atomic mass is 16.1. The lowest BCUT2D eigenvalue weighted by Crippen LogP contribution is -2.22. The van der Waals surface area contributed by atoms with Gasteiger partial charge in [-0.1, -0.05) is 6.08 Å². The first-order valence-corrected chi connectivity index (χ1v) is 4.99. The van der Waals surface area contributed by atoms with Crippen LogP contribution in [0.4, 0.5) is 0 Å². The SMILES string of the molecule is CCNC(=O)/C=C/CN1CCCC1. The number of amides is 1. The van der Waals surface area contributed by atoms with Gasteiger partial charge < -0.3 is 5.32 Å². The third-order valence-electron chi connectivity index (χ3n) is 2.18. The third kappa shape index (κ3) is 4.08. The minimum Gasteiger partial charge on any atom is -0.353 e. The zero-order valence-electron chi connectivity index (χ0n) is 8.25. The average Bonchev–Trinajstić information content (AvgIpc) is 2.57. The van der Waals surface area contributed by atoms with Gasteiger partial charge in [-0.15, -0.1) is 0 Å². The summed E-state index contributed by atoms with van der Waals surface area (Å²) in [7, 11) is 0. The van der Waals surface area contributed by atoms with Crippen molar-refractivity contribution in [1.29, 1.82) is 0 Å². The Balaban J connectivity index is 2.12. The molecule has 3 heteroatoms. The van der Waals surface area contributed by atoms with Gasteiger partial charge in [-0.2, -0.15) is 0 Å². The van der Waals surface area contributed by atoms with E-state index in [-0.39, 0.29) is 5.91 Å². The fourth-order valence-electron chi connectivity index (χ4n) is 1.51. The minimum atomic E-state index is 0.0155. The maximum absolute atomic E-state index is 11.0. The van der Waals surface area contributed by atoms with Crippen molar-refractivity contribution >= 4 is 5.91 Å². The number of likely N-dealkylation sites (tertiary alicyclic amines) is 1. The second-order valence-corrected chi connectivity index (χ2v) is 3.30. The van der Waals surface area contributed by atoms with E-state index >= 15 is 0 Å². The van der Waals surface area contributed by atoms with Crippen LogP contribution in [0, 0.1) is 0 Å². The smallest absolute Gasteiger partial charge is 0.243 e. The summed E-state index contributed by atoms with van der Waals surface area (Å²) in [5, 5.41) is 2.73. The number of hydrogen-bond acceptors (Lipinski definition) is 2. The molecule has 0 unspecified atom stereocenters. The molecule has 1 N–H and O–H groups in total. The van der Waals surface area contributed by atoms with Crippen LogP contribution in [0.15, 0.2) is 12.2 Å². The van der Waals surface area contributed by atoms with Gasteiger partial charge in [0.2, 0.25) is 5.91 Å². The van der Waals surface area contributed by atoms with E-state index in [2.05, 4.69) is 10.2 Å². The molecule has 1 aliphatic rings. The normalized spacial score (nSPS) is 18.2. The lowest BCUT2D eigenvalue weighted by Gasteiger charge is -2.10. The first kappa shape index (κ1) is 10.3. The fraction of sp³-hybridized carbons (Fsp3) is 0.700. The number of nitrogens with one attached hydrogen (secondary N) is 1. The molecule has 0 aromatic heterocycles. The van der Waals surface area contributed by atoms with Crippen molar-refractivity contribution in [2.75, 3.05) is 26.2 Å². The van der Waals surface area contributed by atoms with Crippen molar-refractivity contribution in [3.63, 3.8) is 0 Å². The van der Waals surface area contributed by atoms with E-state index in [9.17, 15) is 4.79 Å². The summed E-state index contributed by atoms with van der Waals surface area (Å²) in [4.78, 5) is 13.4. The highest BCUT2D eigenvalue weighted by molar-refractivity contribution is 5.87. The Kier molecular flexibility index (Phi) is 4.54. The van der Waals surface area contributed by atoms with E-state index in [1.165, 1.54) is 25.9 Å². The van der Waals surface area contributed by atoms with Gasteiger partial charge in [0.1, 0.15) is 0 Å². The molecule has 0 aromatic carbocycles. The molecule has 0 aromatic rings. The van der Waals surface area contributed by atoms with E-state index in [4.69, 9.17) is 0 Å². The van der Waals surface area contributed by atoms with E-state index in [1.807, 2.05) is 13.0 Å². The van der Waals surface area contributed by atoms with Crippen molar-refractivity contribution in [1.82, 2.24) is 10.2 Å². The summed E-state index contributed by atoms with van der Waals surface area (Å²) in [5.41, 5.74) is 0. The van der Waals surface area contributed by atoms with Crippen LogP contribution in [0.2, 0.25) is 0 Å². The highest BCUT2D eigenvalue weighted by Gasteiger charge is 2.08. The second-order valence-electron chi connectivity index (χ2n) is 3.30. The van der Waals surface area contributed by atoms with E-state index in [0.717, 1.165) is 6.54 Å². The summed E-state index contributed by atoms with van der Waals surface area (Å²) in [5.74, 6) is 0.0155. The topological polar surface area (TPSA) is 32.3 Å². The Morgan fingerprint density at radius 3 is 2.77 bits per heavy atom. The van der Waals surface area contributed by atoms with Gasteiger partial charge in [0, 0.05) is 19.2 Å². The fourth-order valence-corrected chi connectivity index (χ4v) is 1.51. The molecule has 0 bridgehead atoms. The van der Waals surface area contributed by atoms with Crippen LogP contribution < -0.4 is 5.32 Å². The molecule has 0 spiro atoms. The van der Waals surface area contributed by atoms with Crippen molar-refractivity contribution < 1.29 is 4.79 Å². The maximum Gasteiger partial charge on any atom is 0.243 e. The monoisotopic (exact) mass is 182 g/mol.